The van der Waals surface area contributed by atoms with Crippen molar-refractivity contribution < 1.29 is 36.6 Å². The summed E-state index contributed by atoms with van der Waals surface area (Å²) >= 11 is 0. The van der Waals surface area contributed by atoms with Gasteiger partial charge in [-0.3, -0.25) is 4.79 Å². The first-order valence-corrected chi connectivity index (χ1v) is 10.2. The Bertz CT molecular complexity index is 852. The van der Waals surface area contributed by atoms with Gasteiger partial charge >= 0.3 is 18.1 Å². The minimum Gasteiger partial charge on any atom is -0.494 e. The molecule has 0 spiro atoms. The molecule has 0 aromatic heterocycles. The number of hydrogen-bond acceptors (Lipinski definition) is 5. The van der Waals surface area contributed by atoms with Crippen LogP contribution in [0.3, 0.4) is 0 Å². The predicted molar refractivity (Wildman–Crippen MR) is 110 cm³/mol. The minimum atomic E-state index is -5.17. The van der Waals surface area contributed by atoms with E-state index in [-0.39, 0.29) is 18.8 Å². The molecule has 0 aliphatic rings. The molecule has 0 fully saturated rings. The summed E-state index contributed by atoms with van der Waals surface area (Å²) in [6.45, 7) is 1.23. The van der Waals surface area contributed by atoms with Gasteiger partial charge in [-0.25, -0.2) is 9.18 Å². The Morgan fingerprint density at radius 2 is 1.44 bits per heavy atom. The van der Waals surface area contributed by atoms with Gasteiger partial charge in [0.05, 0.1) is 13.0 Å². The smallest absolute Gasteiger partial charge is 0.491 e. The van der Waals surface area contributed by atoms with Crippen LogP contribution >= 0.6 is 0 Å². The van der Waals surface area contributed by atoms with Crippen LogP contribution in [0.5, 0.6) is 5.75 Å². The van der Waals surface area contributed by atoms with E-state index in [1.807, 2.05) is 24.3 Å². The predicted octanol–water partition coefficient (Wildman–Crippen LogP) is 4.38. The fraction of sp³-hybridized carbons (Fsp3) is 0.391. The molecule has 2 aromatic rings. The molecular weight excluding hydrogens is 430 g/mol. The van der Waals surface area contributed by atoms with Crippen LogP contribution in [0.4, 0.5) is 17.6 Å². The van der Waals surface area contributed by atoms with Crippen LogP contribution in [0.25, 0.3) is 0 Å². The summed E-state index contributed by atoms with van der Waals surface area (Å²) in [7, 11) is 0. The molecule has 174 valence electrons. The third-order valence-electron chi connectivity index (χ3n) is 4.48. The Morgan fingerprint density at radius 1 is 0.844 bits per heavy atom. The zero-order valence-corrected chi connectivity index (χ0v) is 17.4. The second-order valence-corrected chi connectivity index (χ2v) is 7.09. The SMILES string of the molecule is O=C(CCNCCCc1ccc(OCCCc2ccc(F)cc2)cc1)OC(=O)C(F)(F)F. The second-order valence-electron chi connectivity index (χ2n) is 7.09. The topological polar surface area (TPSA) is 64.6 Å². The molecule has 2 rings (SSSR count). The van der Waals surface area contributed by atoms with E-state index >= 15 is 0 Å². The number of carbonyl (C=O) groups excluding carboxylic acids is 2. The number of halogens is 4. The summed E-state index contributed by atoms with van der Waals surface area (Å²) in [5.41, 5.74) is 2.16. The largest absolute Gasteiger partial charge is 0.494 e. The lowest BCUT2D eigenvalue weighted by atomic mass is 10.1. The Hall–Kier alpha value is -2.94. The molecule has 0 atom stereocenters. The molecule has 0 radical (unpaired) electrons. The Labute approximate surface area is 183 Å². The number of hydrogen-bond donors (Lipinski definition) is 1. The lowest BCUT2D eigenvalue weighted by Gasteiger charge is -2.08. The molecule has 0 amide bonds. The maximum absolute atomic E-state index is 12.9. The number of nitrogens with one attached hydrogen (secondary N) is 1. The molecule has 1 N–H and O–H groups in total. The maximum Gasteiger partial charge on any atom is 0.491 e. The molecule has 2 aromatic carbocycles. The van der Waals surface area contributed by atoms with Crippen LogP contribution in [0.2, 0.25) is 0 Å². The van der Waals surface area contributed by atoms with Crippen molar-refractivity contribution >= 4 is 11.9 Å². The van der Waals surface area contributed by atoms with Crippen LogP contribution in [0.15, 0.2) is 48.5 Å². The van der Waals surface area contributed by atoms with Gasteiger partial charge in [0.15, 0.2) is 0 Å². The average Bonchev–Trinajstić information content (AvgIpc) is 2.75. The van der Waals surface area contributed by atoms with Crippen molar-refractivity contribution in [3.05, 3.63) is 65.5 Å². The van der Waals surface area contributed by atoms with Crippen molar-refractivity contribution in [2.45, 2.75) is 38.3 Å². The van der Waals surface area contributed by atoms with Gasteiger partial charge in [0.25, 0.3) is 0 Å². The van der Waals surface area contributed by atoms with Crippen molar-refractivity contribution in [1.29, 1.82) is 0 Å². The Balaban J connectivity index is 1.53. The van der Waals surface area contributed by atoms with Gasteiger partial charge in [-0.05, 0) is 67.6 Å². The highest BCUT2D eigenvalue weighted by Gasteiger charge is 2.42. The van der Waals surface area contributed by atoms with E-state index in [0.717, 1.165) is 42.6 Å². The lowest BCUT2D eigenvalue weighted by Crippen LogP contribution is -2.29. The first kappa shape index (κ1) is 25.3. The van der Waals surface area contributed by atoms with Crippen LogP contribution in [0, 0.1) is 5.82 Å². The molecule has 0 unspecified atom stereocenters. The van der Waals surface area contributed by atoms with Crippen molar-refractivity contribution in [3.8, 4) is 5.75 Å². The molecule has 5 nitrogen and oxygen atoms in total. The summed E-state index contributed by atoms with van der Waals surface area (Å²) in [5.74, 6) is -3.20. The molecule has 0 heterocycles. The highest BCUT2D eigenvalue weighted by molar-refractivity contribution is 5.88. The molecular formula is C23H25F4NO4. The van der Waals surface area contributed by atoms with Gasteiger partial charge in [-0.15, -0.1) is 0 Å². The van der Waals surface area contributed by atoms with E-state index in [4.69, 9.17) is 4.74 Å². The monoisotopic (exact) mass is 455 g/mol. The van der Waals surface area contributed by atoms with Gasteiger partial charge in [-0.1, -0.05) is 24.3 Å². The normalized spacial score (nSPS) is 11.2. The first-order valence-electron chi connectivity index (χ1n) is 10.2. The van der Waals surface area contributed by atoms with Crippen LogP contribution in [-0.2, 0) is 27.2 Å². The van der Waals surface area contributed by atoms with E-state index < -0.39 is 18.1 Å². The van der Waals surface area contributed by atoms with Gasteiger partial charge in [0.2, 0.25) is 0 Å². The molecule has 9 heteroatoms. The van der Waals surface area contributed by atoms with Crippen molar-refractivity contribution in [3.63, 3.8) is 0 Å². The maximum atomic E-state index is 12.9. The quantitative estimate of drug-likeness (QED) is 0.223. The van der Waals surface area contributed by atoms with Gasteiger partial charge < -0.3 is 14.8 Å². The zero-order chi connectivity index (χ0) is 23.4. The molecule has 0 aliphatic heterocycles. The van der Waals surface area contributed by atoms with Gasteiger partial charge in [0, 0.05) is 6.54 Å². The van der Waals surface area contributed by atoms with E-state index in [1.54, 1.807) is 12.1 Å². The summed E-state index contributed by atoms with van der Waals surface area (Å²) < 4.78 is 58.2. The zero-order valence-electron chi connectivity index (χ0n) is 17.4. The van der Waals surface area contributed by atoms with Crippen LogP contribution in [0.1, 0.15) is 30.4 Å². The molecule has 0 saturated heterocycles. The van der Waals surface area contributed by atoms with Crippen LogP contribution < -0.4 is 10.1 Å². The van der Waals surface area contributed by atoms with Crippen molar-refractivity contribution in [2.75, 3.05) is 19.7 Å². The number of aryl methyl sites for hydroxylation is 2. The highest BCUT2D eigenvalue weighted by atomic mass is 19.4. The third kappa shape index (κ3) is 9.91. The fourth-order valence-corrected chi connectivity index (χ4v) is 2.81. The fourth-order valence-electron chi connectivity index (χ4n) is 2.81. The van der Waals surface area contributed by atoms with E-state index in [9.17, 15) is 27.2 Å². The van der Waals surface area contributed by atoms with E-state index in [2.05, 4.69) is 10.1 Å². The number of ether oxygens (including phenoxy) is 2. The lowest BCUT2D eigenvalue weighted by molar-refractivity contribution is -0.201. The third-order valence-corrected chi connectivity index (χ3v) is 4.48. The summed E-state index contributed by atoms with van der Waals surface area (Å²) in [6, 6.07) is 14.1. The Kier molecular flexibility index (Phi) is 10.1. The van der Waals surface area contributed by atoms with E-state index in [1.165, 1.54) is 12.1 Å². The summed E-state index contributed by atoms with van der Waals surface area (Å²) in [5, 5.41) is 2.92. The van der Waals surface area contributed by atoms with Crippen molar-refractivity contribution in [1.82, 2.24) is 5.32 Å². The standard InChI is InChI=1S/C23H25F4NO4/c24-19-9-5-18(6-10-19)4-2-16-31-20-11-7-17(8-12-20)3-1-14-28-15-13-21(29)32-22(30)23(25,26)27/h5-12,28H,1-4,13-16H2. The summed E-state index contributed by atoms with van der Waals surface area (Å²) in [6.07, 6.45) is -2.34. The summed E-state index contributed by atoms with van der Waals surface area (Å²) in [4.78, 5) is 21.7. The first-order chi connectivity index (χ1) is 15.2. The highest BCUT2D eigenvalue weighted by Crippen LogP contribution is 2.17. The Morgan fingerprint density at radius 3 is 2.06 bits per heavy atom. The molecule has 0 saturated carbocycles. The minimum absolute atomic E-state index is 0.120. The van der Waals surface area contributed by atoms with Crippen molar-refractivity contribution in [2.24, 2.45) is 0 Å². The average molecular weight is 455 g/mol. The number of rotatable bonds is 12. The number of alkyl halides is 3. The van der Waals surface area contributed by atoms with E-state index in [0.29, 0.717) is 13.2 Å². The van der Waals surface area contributed by atoms with Crippen LogP contribution in [-0.4, -0.2) is 37.8 Å². The second kappa shape index (κ2) is 12.8. The number of benzene rings is 2. The van der Waals surface area contributed by atoms with Gasteiger partial charge in [0.1, 0.15) is 11.6 Å². The number of esters is 2. The molecule has 0 bridgehead atoms. The molecule has 0 aliphatic carbocycles. The van der Waals surface area contributed by atoms with Gasteiger partial charge in [-0.2, -0.15) is 13.2 Å². The number of carbonyl (C=O) groups is 2. The molecule has 32 heavy (non-hydrogen) atoms.